The van der Waals surface area contributed by atoms with Crippen LogP contribution in [0.25, 0.3) is 4.85 Å². The van der Waals surface area contributed by atoms with Gasteiger partial charge in [-0.1, -0.05) is 0 Å². The smallest absolute Gasteiger partial charge is 0.313 e. The van der Waals surface area contributed by atoms with Crippen molar-refractivity contribution in [1.82, 2.24) is 0 Å². The molecule has 0 saturated carbocycles. The van der Waals surface area contributed by atoms with E-state index in [1.165, 1.54) is 0 Å². The van der Waals surface area contributed by atoms with Crippen molar-refractivity contribution in [2.45, 2.75) is 19.4 Å². The van der Waals surface area contributed by atoms with Crippen LogP contribution in [-0.2, 0) is 19.4 Å². The van der Waals surface area contributed by atoms with Crippen molar-refractivity contribution in [3.63, 3.8) is 0 Å². The fourth-order valence-electron chi connectivity index (χ4n) is 0.775. The fourth-order valence-corrected chi connectivity index (χ4v) is 3.07. The highest BCUT2D eigenvalue weighted by Gasteiger charge is 2.25. The van der Waals surface area contributed by atoms with Crippen LogP contribution < -0.4 is 0 Å². The molecule has 0 aromatic heterocycles. The van der Waals surface area contributed by atoms with Gasteiger partial charge in [-0.05, 0) is 13.8 Å². The molecule has 98 valence electrons. The number of hydrogen-bond donors (Lipinski definition) is 1. The number of carbonyl (C=O) groups is 1. The largest absolute Gasteiger partial charge is 0.481 e. The van der Waals surface area contributed by atoms with E-state index in [2.05, 4.69) is 4.85 Å². The standard InChI is InChI=1S/C9H15NO5S2/c1-9(2,5-10-3)15-6-17(13,14)7-16-4-8(11)12/h4-7H2,1-2H3,(H,11,12). The summed E-state index contributed by atoms with van der Waals surface area (Å²) in [5, 5.41) is 8.06. The third-order valence-electron chi connectivity index (χ3n) is 1.58. The molecule has 0 aromatic carbocycles. The molecule has 0 radical (unpaired) electrons. The molecule has 1 N–H and O–H groups in total. The normalized spacial score (nSPS) is 12.1. The average Bonchev–Trinajstić information content (AvgIpc) is 2.14. The Bertz CT molecular complexity index is 396. The SMILES string of the molecule is [C-]#[N+]CC(C)(C)OCS(=O)(=O)CSCC(=O)O. The lowest BCUT2D eigenvalue weighted by molar-refractivity contribution is -0.133. The summed E-state index contributed by atoms with van der Waals surface area (Å²) in [6.07, 6.45) is 0. The summed E-state index contributed by atoms with van der Waals surface area (Å²) in [7, 11) is -3.45. The van der Waals surface area contributed by atoms with Crippen molar-refractivity contribution in [2.75, 3.05) is 23.3 Å². The molecule has 8 heteroatoms. The maximum absolute atomic E-state index is 11.4. The summed E-state index contributed by atoms with van der Waals surface area (Å²) in [6.45, 7) is 10.0. The number of rotatable bonds is 8. The van der Waals surface area contributed by atoms with Crippen molar-refractivity contribution in [3.05, 3.63) is 11.4 Å². The van der Waals surface area contributed by atoms with Crippen LogP contribution in [-0.4, -0.2) is 48.4 Å². The minimum absolute atomic E-state index is 0.0742. The Balaban J connectivity index is 4.11. The number of nitrogens with zero attached hydrogens (tertiary/aromatic N) is 1. The lowest BCUT2D eigenvalue weighted by Gasteiger charge is -2.18. The van der Waals surface area contributed by atoms with Gasteiger partial charge >= 0.3 is 5.97 Å². The second kappa shape index (κ2) is 6.83. The first-order chi connectivity index (χ1) is 7.68. The molecule has 0 spiro atoms. The van der Waals surface area contributed by atoms with Crippen LogP contribution in [0.3, 0.4) is 0 Å². The van der Waals surface area contributed by atoms with E-state index in [-0.39, 0.29) is 17.4 Å². The van der Waals surface area contributed by atoms with Crippen LogP contribution in [0.1, 0.15) is 13.8 Å². The predicted octanol–water partition coefficient (Wildman–Crippen LogP) is 0.848. The molecule has 0 fully saturated rings. The first-order valence-electron chi connectivity index (χ1n) is 4.66. The Morgan fingerprint density at radius 1 is 1.53 bits per heavy atom. The summed E-state index contributed by atoms with van der Waals surface area (Å²) in [5.41, 5.74) is -0.813. The van der Waals surface area contributed by atoms with Crippen LogP contribution in [0.5, 0.6) is 0 Å². The maximum Gasteiger partial charge on any atom is 0.313 e. The van der Waals surface area contributed by atoms with E-state index in [9.17, 15) is 13.2 Å². The van der Waals surface area contributed by atoms with Crippen LogP contribution in [0.15, 0.2) is 0 Å². The van der Waals surface area contributed by atoms with Crippen molar-refractivity contribution in [2.24, 2.45) is 0 Å². The van der Waals surface area contributed by atoms with Crippen molar-refractivity contribution < 1.29 is 23.1 Å². The van der Waals surface area contributed by atoms with Gasteiger partial charge in [0.25, 0.3) is 0 Å². The number of hydrogen-bond acceptors (Lipinski definition) is 5. The van der Waals surface area contributed by atoms with Crippen LogP contribution in [0.4, 0.5) is 0 Å². The number of sulfone groups is 1. The molecule has 0 amide bonds. The zero-order chi connectivity index (χ0) is 13.5. The molecule has 0 bridgehead atoms. The summed E-state index contributed by atoms with van der Waals surface area (Å²) in [5.74, 6) is -1.81. The van der Waals surface area contributed by atoms with Gasteiger partial charge in [-0.3, -0.25) is 4.79 Å². The van der Waals surface area contributed by atoms with E-state index >= 15 is 0 Å². The van der Waals surface area contributed by atoms with E-state index < -0.39 is 27.3 Å². The Kier molecular flexibility index (Phi) is 6.52. The number of thioether (sulfide) groups is 1. The fraction of sp³-hybridized carbons (Fsp3) is 0.778. The van der Waals surface area contributed by atoms with Crippen molar-refractivity contribution in [3.8, 4) is 0 Å². The monoisotopic (exact) mass is 281 g/mol. The third-order valence-corrected chi connectivity index (χ3v) is 4.61. The minimum atomic E-state index is -3.45. The van der Waals surface area contributed by atoms with E-state index in [4.69, 9.17) is 16.4 Å². The Morgan fingerprint density at radius 3 is 2.59 bits per heavy atom. The van der Waals surface area contributed by atoms with Gasteiger partial charge in [0, 0.05) is 0 Å². The lowest BCUT2D eigenvalue weighted by Crippen LogP contribution is -2.30. The van der Waals surface area contributed by atoms with Gasteiger partial charge in [-0.25, -0.2) is 15.0 Å². The van der Waals surface area contributed by atoms with Gasteiger partial charge in [-0.15, -0.1) is 11.8 Å². The summed E-state index contributed by atoms with van der Waals surface area (Å²) in [6, 6.07) is 0. The van der Waals surface area contributed by atoms with Gasteiger partial charge in [-0.2, -0.15) is 0 Å². The molecule has 0 aliphatic heterocycles. The van der Waals surface area contributed by atoms with E-state index in [0.29, 0.717) is 0 Å². The predicted molar refractivity (Wildman–Crippen MR) is 65.4 cm³/mol. The quantitative estimate of drug-likeness (QED) is 0.664. The number of carboxylic acids is 1. The van der Waals surface area contributed by atoms with E-state index in [0.717, 1.165) is 11.8 Å². The minimum Gasteiger partial charge on any atom is -0.481 e. The zero-order valence-corrected chi connectivity index (χ0v) is 11.3. The molecule has 6 nitrogen and oxygen atoms in total. The van der Waals surface area contributed by atoms with Crippen LogP contribution >= 0.6 is 11.8 Å². The summed E-state index contributed by atoms with van der Waals surface area (Å²) < 4.78 is 28.0. The zero-order valence-electron chi connectivity index (χ0n) is 9.67. The van der Waals surface area contributed by atoms with Crippen molar-refractivity contribution in [1.29, 1.82) is 0 Å². The topological polar surface area (TPSA) is 85.0 Å². The number of ether oxygens (including phenoxy) is 1. The second-order valence-corrected chi connectivity index (χ2v) is 7.30. The van der Waals surface area contributed by atoms with Crippen LogP contribution in [0, 0.1) is 6.57 Å². The van der Waals surface area contributed by atoms with Crippen molar-refractivity contribution >= 4 is 27.6 Å². The van der Waals surface area contributed by atoms with E-state index in [1.807, 2.05) is 0 Å². The molecule has 0 atom stereocenters. The summed E-state index contributed by atoms with van der Waals surface area (Å²) in [4.78, 5) is 13.3. The van der Waals surface area contributed by atoms with Gasteiger partial charge in [0.15, 0.2) is 9.84 Å². The lowest BCUT2D eigenvalue weighted by atomic mass is 10.1. The van der Waals surface area contributed by atoms with Gasteiger partial charge in [0.05, 0.1) is 10.8 Å². The first-order valence-corrected chi connectivity index (χ1v) is 7.63. The molecule has 0 rings (SSSR count). The molecular weight excluding hydrogens is 266 g/mol. The highest BCUT2D eigenvalue weighted by Crippen LogP contribution is 2.13. The van der Waals surface area contributed by atoms with Crippen LogP contribution in [0.2, 0.25) is 0 Å². The molecule has 0 aliphatic rings. The van der Waals surface area contributed by atoms with Gasteiger partial charge in [0.2, 0.25) is 6.54 Å². The molecular formula is C9H15NO5S2. The molecule has 0 heterocycles. The highest BCUT2D eigenvalue weighted by molar-refractivity contribution is 8.12. The number of aliphatic carboxylic acids is 1. The van der Waals surface area contributed by atoms with Gasteiger partial charge < -0.3 is 14.7 Å². The molecule has 0 saturated heterocycles. The second-order valence-electron chi connectivity index (χ2n) is 3.94. The molecule has 0 unspecified atom stereocenters. The first kappa shape index (κ1) is 16.2. The third kappa shape index (κ3) is 8.97. The molecule has 0 aliphatic carbocycles. The maximum atomic E-state index is 11.4. The average molecular weight is 281 g/mol. The number of carboxylic acid groups (broad SMARTS) is 1. The summed E-state index contributed by atoms with van der Waals surface area (Å²) >= 11 is 0.804. The highest BCUT2D eigenvalue weighted by atomic mass is 32.3. The van der Waals surface area contributed by atoms with E-state index in [1.54, 1.807) is 13.8 Å². The Hall–Kier alpha value is -0.780. The van der Waals surface area contributed by atoms with Gasteiger partial charge in [0.1, 0.15) is 11.5 Å². The molecule has 17 heavy (non-hydrogen) atoms. The molecule has 0 aromatic rings. The Labute approximate surface area is 105 Å². The Morgan fingerprint density at radius 2 is 2.12 bits per heavy atom.